The Morgan fingerprint density at radius 1 is 1.24 bits per heavy atom. The quantitative estimate of drug-likeness (QED) is 0.676. The maximum Gasteiger partial charge on any atom is 0.239 e. The van der Waals surface area contributed by atoms with E-state index in [2.05, 4.69) is 21.2 Å². The number of carbonyl (C=O) groups excluding carboxylic acids is 1. The molecule has 0 spiro atoms. The van der Waals surface area contributed by atoms with Gasteiger partial charge in [0.25, 0.3) is 0 Å². The van der Waals surface area contributed by atoms with Crippen molar-refractivity contribution >= 4 is 32.7 Å². The van der Waals surface area contributed by atoms with Crippen molar-refractivity contribution in [2.75, 3.05) is 13.7 Å². The average Bonchev–Trinajstić information content (AvgIpc) is 3.00. The van der Waals surface area contributed by atoms with Crippen molar-refractivity contribution in [3.05, 3.63) is 64.5 Å². The third kappa shape index (κ3) is 4.20. The molecular formula is C19H18BrFN2O2. The lowest BCUT2D eigenvalue weighted by Crippen LogP contribution is -2.29. The minimum atomic E-state index is -0.288. The maximum atomic E-state index is 13.2. The van der Waals surface area contributed by atoms with Crippen molar-refractivity contribution in [3.63, 3.8) is 0 Å². The van der Waals surface area contributed by atoms with Crippen LogP contribution in [0.15, 0.2) is 53.1 Å². The third-order valence-corrected chi connectivity index (χ3v) is 4.62. The minimum Gasteiger partial charge on any atom is -0.497 e. The van der Waals surface area contributed by atoms with E-state index in [0.717, 1.165) is 22.2 Å². The van der Waals surface area contributed by atoms with Gasteiger partial charge in [-0.15, -0.1) is 0 Å². The fourth-order valence-electron chi connectivity index (χ4n) is 2.70. The topological polar surface area (TPSA) is 43.3 Å². The Morgan fingerprint density at radius 3 is 2.84 bits per heavy atom. The lowest BCUT2D eigenvalue weighted by Gasteiger charge is -2.08. The number of nitrogens with zero attached hydrogens (tertiary/aromatic N) is 1. The summed E-state index contributed by atoms with van der Waals surface area (Å²) in [6, 6.07) is 12.6. The van der Waals surface area contributed by atoms with Crippen LogP contribution in [-0.2, 0) is 17.8 Å². The lowest BCUT2D eigenvalue weighted by atomic mass is 10.1. The van der Waals surface area contributed by atoms with Gasteiger partial charge >= 0.3 is 0 Å². The molecule has 0 bridgehead atoms. The number of fused-ring (bicyclic) bond motifs is 1. The summed E-state index contributed by atoms with van der Waals surface area (Å²) < 4.78 is 20.8. The standard InChI is InChI=1S/C19H18BrFN2O2/c1-25-15-3-5-18-14(11-15)7-9-23(18)12-19(24)22-8-6-13-2-4-17(21)16(20)10-13/h2-5,7,9-11H,6,8,12H2,1H3,(H,22,24). The van der Waals surface area contributed by atoms with Crippen molar-refractivity contribution in [2.45, 2.75) is 13.0 Å². The fourth-order valence-corrected chi connectivity index (χ4v) is 3.12. The van der Waals surface area contributed by atoms with Crippen LogP contribution >= 0.6 is 15.9 Å². The smallest absolute Gasteiger partial charge is 0.239 e. The fraction of sp³-hybridized carbons (Fsp3) is 0.211. The number of methoxy groups -OCH3 is 1. The number of rotatable bonds is 6. The monoisotopic (exact) mass is 404 g/mol. The van der Waals surface area contributed by atoms with Gasteiger partial charge in [0.05, 0.1) is 11.6 Å². The molecule has 0 aliphatic heterocycles. The molecule has 4 nitrogen and oxygen atoms in total. The van der Waals surface area contributed by atoms with Gasteiger partial charge in [-0.1, -0.05) is 6.07 Å². The van der Waals surface area contributed by atoms with Gasteiger partial charge in [0.15, 0.2) is 0 Å². The molecule has 0 fully saturated rings. The van der Waals surface area contributed by atoms with Crippen molar-refractivity contribution < 1.29 is 13.9 Å². The maximum absolute atomic E-state index is 13.2. The van der Waals surface area contributed by atoms with E-state index in [9.17, 15) is 9.18 Å². The predicted molar refractivity (Wildman–Crippen MR) is 99.3 cm³/mol. The van der Waals surface area contributed by atoms with Gasteiger partial charge in [-0.2, -0.15) is 0 Å². The first kappa shape index (κ1) is 17.5. The molecule has 0 unspecified atom stereocenters. The van der Waals surface area contributed by atoms with Crippen molar-refractivity contribution in [1.82, 2.24) is 9.88 Å². The molecule has 0 aliphatic rings. The van der Waals surface area contributed by atoms with E-state index < -0.39 is 0 Å². The Labute approximate surface area is 153 Å². The van der Waals surface area contributed by atoms with E-state index >= 15 is 0 Å². The highest BCUT2D eigenvalue weighted by atomic mass is 79.9. The van der Waals surface area contributed by atoms with Gasteiger partial charge in [0.1, 0.15) is 18.1 Å². The lowest BCUT2D eigenvalue weighted by molar-refractivity contribution is -0.121. The third-order valence-electron chi connectivity index (χ3n) is 4.01. The van der Waals surface area contributed by atoms with Crippen LogP contribution in [0.1, 0.15) is 5.56 Å². The predicted octanol–water partition coefficient (Wildman–Crippen LogP) is 3.91. The molecule has 3 rings (SSSR count). The van der Waals surface area contributed by atoms with Crippen LogP contribution in [0.3, 0.4) is 0 Å². The van der Waals surface area contributed by atoms with E-state index in [-0.39, 0.29) is 18.3 Å². The van der Waals surface area contributed by atoms with Crippen LogP contribution in [0, 0.1) is 5.82 Å². The van der Waals surface area contributed by atoms with Gasteiger partial charge in [-0.25, -0.2) is 4.39 Å². The van der Waals surface area contributed by atoms with Crippen LogP contribution in [0.4, 0.5) is 4.39 Å². The Balaban J connectivity index is 1.56. The van der Waals surface area contributed by atoms with Crippen LogP contribution in [0.25, 0.3) is 10.9 Å². The Bertz CT molecular complexity index is 908. The summed E-state index contributed by atoms with van der Waals surface area (Å²) in [6.07, 6.45) is 2.54. The number of amides is 1. The minimum absolute atomic E-state index is 0.0607. The molecule has 0 saturated carbocycles. The van der Waals surface area contributed by atoms with Crippen LogP contribution in [-0.4, -0.2) is 24.1 Å². The summed E-state index contributed by atoms with van der Waals surface area (Å²) >= 11 is 3.17. The summed E-state index contributed by atoms with van der Waals surface area (Å²) in [5, 5.41) is 3.93. The molecule has 3 aromatic rings. The summed E-state index contributed by atoms with van der Waals surface area (Å²) in [7, 11) is 1.63. The highest BCUT2D eigenvalue weighted by Crippen LogP contribution is 2.21. The summed E-state index contributed by atoms with van der Waals surface area (Å²) in [4.78, 5) is 12.2. The highest BCUT2D eigenvalue weighted by Gasteiger charge is 2.07. The molecule has 0 atom stereocenters. The molecule has 25 heavy (non-hydrogen) atoms. The number of halogens is 2. The van der Waals surface area contributed by atoms with E-state index in [1.165, 1.54) is 6.07 Å². The second-order valence-electron chi connectivity index (χ2n) is 5.72. The van der Waals surface area contributed by atoms with Gasteiger partial charge in [-0.05, 0) is 64.3 Å². The Kier molecular flexibility index (Phi) is 5.38. The number of ether oxygens (including phenoxy) is 1. The van der Waals surface area contributed by atoms with E-state index in [4.69, 9.17) is 4.74 Å². The van der Waals surface area contributed by atoms with Crippen molar-refractivity contribution in [3.8, 4) is 5.75 Å². The largest absolute Gasteiger partial charge is 0.497 e. The zero-order valence-corrected chi connectivity index (χ0v) is 15.3. The molecule has 1 heterocycles. The number of carbonyl (C=O) groups is 1. The number of hydrogen-bond donors (Lipinski definition) is 1. The summed E-state index contributed by atoms with van der Waals surface area (Å²) in [5.74, 6) is 0.443. The molecule has 0 radical (unpaired) electrons. The number of hydrogen-bond acceptors (Lipinski definition) is 2. The molecule has 1 N–H and O–H groups in total. The molecule has 0 saturated heterocycles. The van der Waals surface area contributed by atoms with E-state index in [1.54, 1.807) is 19.2 Å². The SMILES string of the molecule is COc1ccc2c(ccn2CC(=O)NCCc2ccc(F)c(Br)c2)c1. The summed E-state index contributed by atoms with van der Waals surface area (Å²) in [6.45, 7) is 0.757. The Hall–Kier alpha value is -2.34. The van der Waals surface area contributed by atoms with Gasteiger partial charge in [0.2, 0.25) is 5.91 Å². The highest BCUT2D eigenvalue weighted by molar-refractivity contribution is 9.10. The first-order valence-electron chi connectivity index (χ1n) is 7.90. The van der Waals surface area contributed by atoms with Crippen molar-refractivity contribution in [1.29, 1.82) is 0 Å². The molecule has 1 aromatic heterocycles. The number of nitrogens with one attached hydrogen (secondary N) is 1. The number of benzene rings is 2. The zero-order valence-electron chi connectivity index (χ0n) is 13.8. The molecule has 2 aromatic carbocycles. The average molecular weight is 405 g/mol. The number of aromatic nitrogens is 1. The normalized spacial score (nSPS) is 10.8. The summed E-state index contributed by atoms with van der Waals surface area (Å²) in [5.41, 5.74) is 1.95. The van der Waals surface area contributed by atoms with Crippen LogP contribution < -0.4 is 10.1 Å². The van der Waals surface area contributed by atoms with E-state index in [0.29, 0.717) is 17.4 Å². The van der Waals surface area contributed by atoms with Crippen LogP contribution in [0.5, 0.6) is 5.75 Å². The van der Waals surface area contributed by atoms with Gasteiger partial charge < -0.3 is 14.6 Å². The first-order chi connectivity index (χ1) is 12.1. The second kappa shape index (κ2) is 7.70. The van der Waals surface area contributed by atoms with Gasteiger partial charge in [0, 0.05) is 23.6 Å². The Morgan fingerprint density at radius 2 is 2.08 bits per heavy atom. The first-order valence-corrected chi connectivity index (χ1v) is 8.69. The van der Waals surface area contributed by atoms with Gasteiger partial charge in [-0.3, -0.25) is 4.79 Å². The van der Waals surface area contributed by atoms with Crippen LogP contribution in [0.2, 0.25) is 0 Å². The molecule has 6 heteroatoms. The zero-order chi connectivity index (χ0) is 17.8. The van der Waals surface area contributed by atoms with Crippen molar-refractivity contribution in [2.24, 2.45) is 0 Å². The molecule has 0 aliphatic carbocycles. The molecular weight excluding hydrogens is 387 g/mol. The molecule has 130 valence electrons. The molecule has 1 amide bonds. The van der Waals surface area contributed by atoms with E-state index in [1.807, 2.05) is 35.0 Å². The second-order valence-corrected chi connectivity index (χ2v) is 6.57.